The Labute approximate surface area is 381 Å². The van der Waals surface area contributed by atoms with E-state index in [2.05, 4.69) is 249 Å². The minimum absolute atomic E-state index is 0.137. The van der Waals surface area contributed by atoms with Crippen LogP contribution < -0.4 is 20.6 Å². The van der Waals surface area contributed by atoms with Crippen molar-refractivity contribution in [2.45, 2.75) is 26.2 Å². The molecule has 0 atom stereocenters. The highest BCUT2D eigenvalue weighted by molar-refractivity contribution is 6.94. The van der Waals surface area contributed by atoms with Crippen molar-refractivity contribution in [2.75, 3.05) is 9.71 Å². The van der Waals surface area contributed by atoms with Crippen molar-refractivity contribution in [2.24, 2.45) is 0 Å². The molecule has 13 rings (SSSR count). The van der Waals surface area contributed by atoms with Crippen LogP contribution in [0.5, 0.6) is 0 Å². The summed E-state index contributed by atoms with van der Waals surface area (Å²) in [6.45, 7) is 6.96. The topological polar surface area (TPSA) is 6.48 Å². The molecule has 1 aliphatic carbocycles. The first-order valence-electron chi connectivity index (χ1n) is 22.9. The van der Waals surface area contributed by atoms with Crippen molar-refractivity contribution in [3.8, 4) is 55.6 Å². The molecule has 0 saturated carbocycles. The largest absolute Gasteiger partial charge is 0.376 e. The van der Waals surface area contributed by atoms with E-state index in [1.807, 2.05) is 0 Å². The summed E-state index contributed by atoms with van der Waals surface area (Å²) in [6, 6.07) is 81.6. The number of nitrogens with zero attached hydrogens (tertiary/aromatic N) is 2. The van der Waals surface area contributed by atoms with Crippen molar-refractivity contribution in [1.29, 1.82) is 0 Å². The molecule has 306 valence electrons. The molecular weight excluding hydrogens is 784 g/mol. The highest BCUT2D eigenvalue weighted by Crippen LogP contribution is 2.54. The number of benzene rings is 10. The van der Waals surface area contributed by atoms with Crippen LogP contribution in [0.2, 0.25) is 0 Å². The smallest absolute Gasteiger partial charge is 0.333 e. The Bertz CT molecular complexity index is 3520. The zero-order chi connectivity index (χ0) is 43.4. The molecule has 0 spiro atoms. The van der Waals surface area contributed by atoms with E-state index in [-0.39, 0.29) is 12.3 Å². The van der Waals surface area contributed by atoms with Crippen molar-refractivity contribution in [1.82, 2.24) is 0 Å². The average Bonchev–Trinajstić information content (AvgIpc) is 3.59. The molecule has 0 saturated heterocycles. The third kappa shape index (κ3) is 5.68. The fraction of sp³-hybridized carbons (Fsp3) is 0.0645. The summed E-state index contributed by atoms with van der Waals surface area (Å²) in [5, 5.41) is 2.48. The van der Waals surface area contributed by atoms with Crippen LogP contribution in [0.25, 0.3) is 66.4 Å². The monoisotopic (exact) mass is 828 g/mol. The van der Waals surface area contributed by atoms with E-state index >= 15 is 0 Å². The lowest BCUT2D eigenvalue weighted by Crippen LogP contribution is -2.61. The van der Waals surface area contributed by atoms with E-state index in [1.165, 1.54) is 122 Å². The van der Waals surface area contributed by atoms with Gasteiger partial charge in [0.05, 0.1) is 0 Å². The molecule has 2 aliphatic heterocycles. The zero-order valence-corrected chi connectivity index (χ0v) is 36.8. The molecular formula is C62H45BN2. The van der Waals surface area contributed by atoms with E-state index in [0.29, 0.717) is 0 Å². The highest BCUT2D eigenvalue weighted by Gasteiger charge is 2.48. The van der Waals surface area contributed by atoms with Gasteiger partial charge in [-0.2, -0.15) is 0 Å². The molecule has 0 radical (unpaired) electrons. The van der Waals surface area contributed by atoms with E-state index in [1.54, 1.807) is 0 Å². The number of hydrogen-bond donors (Lipinski definition) is 0. The predicted octanol–water partition coefficient (Wildman–Crippen LogP) is 15.2. The Kier molecular flexibility index (Phi) is 8.30. The predicted molar refractivity (Wildman–Crippen MR) is 276 cm³/mol. The SMILES string of the molecule is Cc1cc(-c2ccccc2)ccc1N1c2cc3c(cc2B2c4c(cc(-c5ccccc5)cc41)-c1ccc4ccccc4c1N2c1ccc(-c2ccccc2)cc1)-c1ccccc1C3(C)C. The van der Waals surface area contributed by atoms with Crippen LogP contribution in [0, 0.1) is 6.92 Å². The number of fused-ring (bicyclic) bond motifs is 9. The van der Waals surface area contributed by atoms with Crippen molar-refractivity contribution < 1.29 is 0 Å². The number of hydrogen-bond acceptors (Lipinski definition) is 2. The molecule has 2 nitrogen and oxygen atoms in total. The second-order valence-electron chi connectivity index (χ2n) is 18.5. The zero-order valence-electron chi connectivity index (χ0n) is 36.8. The molecule has 0 bridgehead atoms. The third-order valence-electron chi connectivity index (χ3n) is 14.5. The van der Waals surface area contributed by atoms with Gasteiger partial charge >= 0.3 is 6.85 Å². The van der Waals surface area contributed by atoms with Gasteiger partial charge in [0.15, 0.2) is 0 Å². The maximum Gasteiger partial charge on any atom is 0.333 e. The maximum absolute atomic E-state index is 2.68. The van der Waals surface area contributed by atoms with Gasteiger partial charge in [-0.1, -0.05) is 190 Å². The summed E-state index contributed by atoms with van der Waals surface area (Å²) in [7, 11) is 0. The Morgan fingerprint density at radius 3 is 1.74 bits per heavy atom. The lowest BCUT2D eigenvalue weighted by Gasteiger charge is -2.47. The molecule has 10 aromatic rings. The summed E-state index contributed by atoms with van der Waals surface area (Å²) in [5.41, 5.74) is 24.9. The lowest BCUT2D eigenvalue weighted by atomic mass is 9.43. The van der Waals surface area contributed by atoms with Crippen LogP contribution in [-0.4, -0.2) is 6.85 Å². The maximum atomic E-state index is 2.68. The normalized spacial score (nSPS) is 13.8. The van der Waals surface area contributed by atoms with E-state index in [0.717, 1.165) is 0 Å². The molecule has 3 heteroatoms. The van der Waals surface area contributed by atoms with Gasteiger partial charge in [0, 0.05) is 44.8 Å². The molecule has 0 aromatic heterocycles. The van der Waals surface area contributed by atoms with Gasteiger partial charge in [0.2, 0.25) is 0 Å². The summed E-state index contributed by atoms with van der Waals surface area (Å²) < 4.78 is 0. The van der Waals surface area contributed by atoms with Gasteiger partial charge in [-0.25, -0.2) is 0 Å². The first kappa shape index (κ1) is 37.7. The third-order valence-corrected chi connectivity index (χ3v) is 14.5. The molecule has 2 heterocycles. The lowest BCUT2D eigenvalue weighted by molar-refractivity contribution is 0.660. The van der Waals surface area contributed by atoms with Gasteiger partial charge < -0.3 is 9.71 Å². The first-order valence-corrected chi connectivity index (χ1v) is 22.9. The standard InChI is InChI=1S/C62H45BN2/c1-40-35-46(42-19-9-5-10-20-42)30-34-57(40)64-58-39-55-52(50-25-15-16-26-54(50)62(55,2)3)38-56(58)63-60-53(36-47(37-59(60)64)43-21-11-6-12-22-43)51-33-29-45-23-13-14-24-49(45)61(51)65(63)48-31-27-44(28-32-48)41-17-7-4-8-18-41/h4-39H,1-3H3. The average molecular weight is 829 g/mol. The van der Waals surface area contributed by atoms with Gasteiger partial charge in [-0.05, 0) is 132 Å². The minimum Gasteiger partial charge on any atom is -0.376 e. The first-order chi connectivity index (χ1) is 31.9. The van der Waals surface area contributed by atoms with Crippen LogP contribution in [0.3, 0.4) is 0 Å². The number of anilines is 5. The fourth-order valence-corrected chi connectivity index (χ4v) is 11.4. The summed E-state index contributed by atoms with van der Waals surface area (Å²) in [5.74, 6) is 0. The van der Waals surface area contributed by atoms with Gasteiger partial charge in [-0.3, -0.25) is 0 Å². The Hall–Kier alpha value is -7.88. The Morgan fingerprint density at radius 1 is 0.400 bits per heavy atom. The van der Waals surface area contributed by atoms with E-state index in [4.69, 9.17) is 0 Å². The van der Waals surface area contributed by atoms with Gasteiger partial charge in [-0.15, -0.1) is 0 Å². The van der Waals surface area contributed by atoms with Crippen LogP contribution in [0.4, 0.5) is 28.4 Å². The van der Waals surface area contributed by atoms with Crippen molar-refractivity contribution in [3.05, 3.63) is 235 Å². The summed E-state index contributed by atoms with van der Waals surface area (Å²) in [4.78, 5) is 5.30. The van der Waals surface area contributed by atoms with Crippen molar-refractivity contribution in [3.63, 3.8) is 0 Å². The molecule has 0 N–H and O–H groups in total. The molecule has 10 aromatic carbocycles. The minimum atomic E-state index is -0.182. The van der Waals surface area contributed by atoms with E-state index in [9.17, 15) is 0 Å². The van der Waals surface area contributed by atoms with Gasteiger partial charge in [0.1, 0.15) is 0 Å². The quantitative estimate of drug-likeness (QED) is 0.160. The van der Waals surface area contributed by atoms with E-state index < -0.39 is 0 Å². The van der Waals surface area contributed by atoms with Crippen molar-refractivity contribution >= 4 is 57.0 Å². The van der Waals surface area contributed by atoms with Crippen LogP contribution in [-0.2, 0) is 5.41 Å². The number of aryl methyl sites for hydroxylation is 1. The molecule has 0 amide bonds. The molecule has 3 aliphatic rings. The van der Waals surface area contributed by atoms with Crippen LogP contribution in [0.1, 0.15) is 30.5 Å². The second-order valence-corrected chi connectivity index (χ2v) is 18.5. The van der Waals surface area contributed by atoms with Gasteiger partial charge in [0.25, 0.3) is 0 Å². The molecule has 65 heavy (non-hydrogen) atoms. The van der Waals surface area contributed by atoms with Crippen LogP contribution >= 0.6 is 0 Å². The second kappa shape index (κ2) is 14.3. The summed E-state index contributed by atoms with van der Waals surface area (Å²) >= 11 is 0. The van der Waals surface area contributed by atoms with Crippen LogP contribution in [0.15, 0.2) is 218 Å². The molecule has 0 fully saturated rings. The number of rotatable bonds is 5. The summed E-state index contributed by atoms with van der Waals surface area (Å²) in [6.07, 6.45) is 0. The highest BCUT2D eigenvalue weighted by atomic mass is 15.2. The Morgan fingerprint density at radius 2 is 1.02 bits per heavy atom. The fourth-order valence-electron chi connectivity index (χ4n) is 11.4. The molecule has 0 unspecified atom stereocenters. The Balaban J connectivity index is 1.15.